The summed E-state index contributed by atoms with van der Waals surface area (Å²) in [6, 6.07) is 10.1. The second-order valence-corrected chi connectivity index (χ2v) is 7.43. The number of hydrogen-bond donors (Lipinski definition) is 0. The van der Waals surface area contributed by atoms with Gasteiger partial charge >= 0.3 is 0 Å². The third-order valence-electron chi connectivity index (χ3n) is 5.66. The summed E-state index contributed by atoms with van der Waals surface area (Å²) >= 11 is 0. The van der Waals surface area contributed by atoms with Crippen molar-refractivity contribution in [2.24, 2.45) is 5.92 Å². The molecule has 0 bridgehead atoms. The predicted molar refractivity (Wildman–Crippen MR) is 103 cm³/mol. The monoisotopic (exact) mass is 368 g/mol. The Balaban J connectivity index is 1.35. The first-order valence-corrected chi connectivity index (χ1v) is 9.84. The van der Waals surface area contributed by atoms with Gasteiger partial charge in [0.1, 0.15) is 5.82 Å². The number of carbonyl (C=O) groups excluding carboxylic acids is 1. The molecule has 4 rings (SSSR count). The third kappa shape index (κ3) is 4.10. The van der Waals surface area contributed by atoms with Crippen molar-refractivity contribution in [2.75, 3.05) is 31.1 Å². The Hall–Kier alpha value is -2.50. The van der Waals surface area contributed by atoms with Crippen LogP contribution in [0.3, 0.4) is 0 Å². The molecule has 142 valence electrons. The van der Waals surface area contributed by atoms with Crippen molar-refractivity contribution < 1.29 is 9.18 Å². The molecule has 1 aliphatic heterocycles. The summed E-state index contributed by atoms with van der Waals surface area (Å²) in [5, 5.41) is 8.63. The average Bonchev–Trinajstić information content (AvgIpc) is 2.75. The number of nitrogens with zero attached hydrogens (tertiary/aromatic N) is 4. The Morgan fingerprint density at radius 1 is 0.889 bits per heavy atom. The first-order chi connectivity index (χ1) is 13.2. The number of piperazine rings is 1. The Morgan fingerprint density at radius 3 is 2.22 bits per heavy atom. The zero-order chi connectivity index (χ0) is 18.6. The number of rotatable bonds is 3. The van der Waals surface area contributed by atoms with Crippen molar-refractivity contribution >= 4 is 11.7 Å². The molecule has 2 heterocycles. The quantitative estimate of drug-likeness (QED) is 0.832. The van der Waals surface area contributed by atoms with E-state index in [1.54, 1.807) is 12.1 Å². The van der Waals surface area contributed by atoms with Crippen LogP contribution >= 0.6 is 0 Å². The minimum Gasteiger partial charge on any atom is -0.352 e. The number of halogens is 1. The fourth-order valence-electron chi connectivity index (χ4n) is 4.03. The van der Waals surface area contributed by atoms with Crippen molar-refractivity contribution in [3.05, 3.63) is 42.2 Å². The van der Waals surface area contributed by atoms with E-state index in [0.29, 0.717) is 5.91 Å². The van der Waals surface area contributed by atoms with Gasteiger partial charge in [-0.05, 0) is 49.2 Å². The van der Waals surface area contributed by atoms with E-state index >= 15 is 0 Å². The molecule has 1 saturated heterocycles. The lowest BCUT2D eigenvalue weighted by molar-refractivity contribution is -0.136. The van der Waals surface area contributed by atoms with Gasteiger partial charge in [0.2, 0.25) is 5.91 Å². The van der Waals surface area contributed by atoms with Gasteiger partial charge in [-0.1, -0.05) is 19.3 Å². The summed E-state index contributed by atoms with van der Waals surface area (Å²) in [6.07, 6.45) is 5.74. The molecule has 5 nitrogen and oxygen atoms in total. The summed E-state index contributed by atoms with van der Waals surface area (Å²) < 4.78 is 13.0. The van der Waals surface area contributed by atoms with Gasteiger partial charge in [-0.25, -0.2) is 4.39 Å². The van der Waals surface area contributed by atoms with E-state index in [2.05, 4.69) is 15.1 Å². The Kier molecular flexibility index (Phi) is 5.32. The van der Waals surface area contributed by atoms with Crippen LogP contribution in [-0.2, 0) is 4.79 Å². The Labute approximate surface area is 159 Å². The highest BCUT2D eigenvalue weighted by molar-refractivity contribution is 5.79. The molecule has 1 aromatic heterocycles. The van der Waals surface area contributed by atoms with Gasteiger partial charge in [-0.3, -0.25) is 4.79 Å². The van der Waals surface area contributed by atoms with E-state index in [1.165, 1.54) is 31.4 Å². The first kappa shape index (κ1) is 17.9. The minimum atomic E-state index is -0.260. The second-order valence-electron chi connectivity index (χ2n) is 7.43. The highest BCUT2D eigenvalue weighted by Crippen LogP contribution is 2.26. The smallest absolute Gasteiger partial charge is 0.225 e. The van der Waals surface area contributed by atoms with Crippen LogP contribution in [0.4, 0.5) is 10.2 Å². The van der Waals surface area contributed by atoms with Crippen LogP contribution in [0.2, 0.25) is 0 Å². The van der Waals surface area contributed by atoms with Crippen LogP contribution in [0.25, 0.3) is 11.3 Å². The fraction of sp³-hybridized carbons (Fsp3) is 0.476. The number of carbonyl (C=O) groups is 1. The Morgan fingerprint density at radius 2 is 1.59 bits per heavy atom. The minimum absolute atomic E-state index is 0.236. The van der Waals surface area contributed by atoms with Gasteiger partial charge in [-0.2, -0.15) is 0 Å². The van der Waals surface area contributed by atoms with Crippen molar-refractivity contribution in [2.45, 2.75) is 32.1 Å². The molecule has 0 radical (unpaired) electrons. The summed E-state index contributed by atoms with van der Waals surface area (Å²) in [6.45, 7) is 3.06. The maximum absolute atomic E-state index is 13.0. The molecule has 2 aliphatic rings. The van der Waals surface area contributed by atoms with Crippen LogP contribution in [0, 0.1) is 11.7 Å². The normalized spacial score (nSPS) is 18.6. The first-order valence-electron chi connectivity index (χ1n) is 9.84. The number of amides is 1. The van der Waals surface area contributed by atoms with E-state index in [4.69, 9.17) is 0 Å². The predicted octanol–water partition coefficient (Wildman–Crippen LogP) is 3.51. The molecule has 0 unspecified atom stereocenters. The summed E-state index contributed by atoms with van der Waals surface area (Å²) in [7, 11) is 0. The van der Waals surface area contributed by atoms with Gasteiger partial charge in [-0.15, -0.1) is 10.2 Å². The number of hydrogen-bond acceptors (Lipinski definition) is 4. The van der Waals surface area contributed by atoms with Gasteiger partial charge in [0.05, 0.1) is 5.69 Å². The number of aromatic nitrogens is 2. The molecule has 1 aliphatic carbocycles. The molecular formula is C21H25FN4O. The largest absolute Gasteiger partial charge is 0.352 e. The lowest BCUT2D eigenvalue weighted by Gasteiger charge is -2.37. The number of anilines is 1. The molecule has 1 saturated carbocycles. The topological polar surface area (TPSA) is 49.3 Å². The maximum Gasteiger partial charge on any atom is 0.225 e. The molecule has 0 atom stereocenters. The van der Waals surface area contributed by atoms with Crippen molar-refractivity contribution in [1.29, 1.82) is 0 Å². The van der Waals surface area contributed by atoms with E-state index in [0.717, 1.165) is 56.1 Å². The van der Waals surface area contributed by atoms with Crippen molar-refractivity contribution in [1.82, 2.24) is 15.1 Å². The maximum atomic E-state index is 13.0. The molecule has 27 heavy (non-hydrogen) atoms. The molecule has 1 aromatic carbocycles. The summed E-state index contributed by atoms with van der Waals surface area (Å²) in [5.41, 5.74) is 1.57. The van der Waals surface area contributed by atoms with Crippen molar-refractivity contribution in [3.63, 3.8) is 0 Å². The summed E-state index contributed by atoms with van der Waals surface area (Å²) in [4.78, 5) is 16.9. The van der Waals surface area contributed by atoms with Crippen LogP contribution in [0.5, 0.6) is 0 Å². The van der Waals surface area contributed by atoms with Crippen LogP contribution in [0.1, 0.15) is 32.1 Å². The molecule has 1 amide bonds. The van der Waals surface area contributed by atoms with Gasteiger partial charge in [0, 0.05) is 37.7 Å². The number of benzene rings is 1. The Bertz CT molecular complexity index is 764. The zero-order valence-corrected chi connectivity index (χ0v) is 15.5. The summed E-state index contributed by atoms with van der Waals surface area (Å²) in [5.74, 6) is 1.14. The van der Waals surface area contributed by atoms with Crippen molar-refractivity contribution in [3.8, 4) is 11.3 Å². The molecular weight excluding hydrogens is 343 g/mol. The van der Waals surface area contributed by atoms with Crippen LogP contribution < -0.4 is 4.90 Å². The lowest BCUT2D eigenvalue weighted by atomic mass is 9.88. The zero-order valence-electron chi connectivity index (χ0n) is 15.5. The van der Waals surface area contributed by atoms with E-state index in [1.807, 2.05) is 17.0 Å². The molecule has 2 fully saturated rings. The third-order valence-corrected chi connectivity index (χ3v) is 5.66. The highest BCUT2D eigenvalue weighted by Gasteiger charge is 2.28. The second kappa shape index (κ2) is 8.03. The SMILES string of the molecule is O=C(C1CCCCC1)N1CCN(c2ccc(-c3ccc(F)cc3)nn2)CC1. The standard InChI is InChI=1S/C21H25FN4O/c22-18-8-6-16(7-9-18)19-10-11-20(24-23-19)25-12-14-26(15-13-25)21(27)17-4-2-1-3-5-17/h6-11,17H,1-5,12-15H2. The average molecular weight is 368 g/mol. The molecule has 0 spiro atoms. The molecule has 0 N–H and O–H groups in total. The molecule has 2 aromatic rings. The highest BCUT2D eigenvalue weighted by atomic mass is 19.1. The van der Waals surface area contributed by atoms with E-state index < -0.39 is 0 Å². The van der Waals surface area contributed by atoms with Crippen LogP contribution in [-0.4, -0.2) is 47.2 Å². The molecule has 6 heteroatoms. The van der Waals surface area contributed by atoms with E-state index in [9.17, 15) is 9.18 Å². The lowest BCUT2D eigenvalue weighted by Crippen LogP contribution is -2.50. The fourth-order valence-corrected chi connectivity index (χ4v) is 4.03. The van der Waals surface area contributed by atoms with Gasteiger partial charge in [0.15, 0.2) is 5.82 Å². The van der Waals surface area contributed by atoms with Gasteiger partial charge in [0.25, 0.3) is 0 Å². The van der Waals surface area contributed by atoms with E-state index in [-0.39, 0.29) is 11.7 Å². The van der Waals surface area contributed by atoms with Crippen LogP contribution in [0.15, 0.2) is 36.4 Å². The van der Waals surface area contributed by atoms with Gasteiger partial charge < -0.3 is 9.80 Å².